The highest BCUT2D eigenvalue weighted by atomic mass is 16.3. The molecule has 1 saturated heterocycles. The van der Waals surface area contributed by atoms with Crippen LogP contribution in [0.4, 0.5) is 0 Å². The van der Waals surface area contributed by atoms with Gasteiger partial charge in [0.05, 0.1) is 6.04 Å². The molecule has 122 valence electrons. The highest BCUT2D eigenvalue weighted by molar-refractivity contribution is 5.85. The van der Waals surface area contributed by atoms with E-state index < -0.39 is 0 Å². The first-order valence-electron chi connectivity index (χ1n) is 8.33. The van der Waals surface area contributed by atoms with Crippen molar-refractivity contribution < 1.29 is 10.2 Å². The van der Waals surface area contributed by atoms with Crippen LogP contribution in [0.15, 0.2) is 54.7 Å². The van der Waals surface area contributed by atoms with Crippen LogP contribution in [0.1, 0.15) is 30.0 Å². The lowest BCUT2D eigenvalue weighted by molar-refractivity contribution is 0.275. The molecule has 1 aliphatic heterocycles. The first-order chi connectivity index (χ1) is 11.7. The molecule has 0 aliphatic carbocycles. The Balaban J connectivity index is 1.88. The van der Waals surface area contributed by atoms with Crippen molar-refractivity contribution in [1.29, 1.82) is 0 Å². The fourth-order valence-electron chi connectivity index (χ4n) is 3.65. The van der Waals surface area contributed by atoms with Crippen molar-refractivity contribution in [1.82, 2.24) is 9.88 Å². The van der Waals surface area contributed by atoms with Crippen LogP contribution >= 0.6 is 0 Å². The number of aromatic nitrogens is 1. The first kappa shape index (κ1) is 15.0. The minimum atomic E-state index is -0.0778. The molecule has 4 heteroatoms. The minimum absolute atomic E-state index is 0.0778. The van der Waals surface area contributed by atoms with E-state index in [0.29, 0.717) is 5.52 Å². The number of rotatable bonds is 3. The second-order valence-corrected chi connectivity index (χ2v) is 6.32. The summed E-state index contributed by atoms with van der Waals surface area (Å²) in [6.45, 7) is 1.97. The van der Waals surface area contributed by atoms with E-state index in [1.165, 1.54) is 0 Å². The predicted molar refractivity (Wildman–Crippen MR) is 94.2 cm³/mol. The Hall–Kier alpha value is -2.59. The number of hydrogen-bond acceptors (Lipinski definition) is 4. The largest absolute Gasteiger partial charge is 0.508 e. The zero-order valence-corrected chi connectivity index (χ0v) is 13.4. The topological polar surface area (TPSA) is 56.6 Å². The average molecular weight is 320 g/mol. The van der Waals surface area contributed by atoms with E-state index in [-0.39, 0.29) is 17.5 Å². The lowest BCUT2D eigenvalue weighted by atomic mass is 9.95. The SMILES string of the molecule is Oc1cccc([C@H](c2ccc3cccnc3c2O)N2CCCC2)c1. The van der Waals surface area contributed by atoms with E-state index in [1.54, 1.807) is 18.3 Å². The van der Waals surface area contributed by atoms with Gasteiger partial charge in [0.2, 0.25) is 0 Å². The third-order valence-corrected chi connectivity index (χ3v) is 4.77. The summed E-state index contributed by atoms with van der Waals surface area (Å²) in [7, 11) is 0. The molecule has 4 rings (SSSR count). The molecule has 24 heavy (non-hydrogen) atoms. The summed E-state index contributed by atoms with van der Waals surface area (Å²) in [5.74, 6) is 0.475. The summed E-state index contributed by atoms with van der Waals surface area (Å²) in [6.07, 6.45) is 4.01. The Kier molecular flexibility index (Phi) is 3.82. The van der Waals surface area contributed by atoms with Crippen molar-refractivity contribution in [3.8, 4) is 11.5 Å². The zero-order chi connectivity index (χ0) is 16.5. The van der Waals surface area contributed by atoms with Crippen LogP contribution in [0.25, 0.3) is 10.9 Å². The average Bonchev–Trinajstić information content (AvgIpc) is 3.12. The highest BCUT2D eigenvalue weighted by Crippen LogP contribution is 2.39. The van der Waals surface area contributed by atoms with Crippen molar-refractivity contribution in [2.75, 3.05) is 13.1 Å². The van der Waals surface area contributed by atoms with Crippen molar-refractivity contribution >= 4 is 10.9 Å². The van der Waals surface area contributed by atoms with Crippen molar-refractivity contribution in [3.05, 3.63) is 65.9 Å². The maximum Gasteiger partial charge on any atom is 0.146 e. The molecule has 2 aromatic carbocycles. The zero-order valence-electron chi connectivity index (χ0n) is 13.4. The molecule has 1 aromatic heterocycles. The fourth-order valence-corrected chi connectivity index (χ4v) is 3.65. The van der Waals surface area contributed by atoms with E-state index >= 15 is 0 Å². The van der Waals surface area contributed by atoms with Gasteiger partial charge in [0.25, 0.3) is 0 Å². The van der Waals surface area contributed by atoms with Crippen molar-refractivity contribution in [2.45, 2.75) is 18.9 Å². The maximum atomic E-state index is 10.9. The number of phenolic OH excluding ortho intramolecular Hbond substituents is 2. The smallest absolute Gasteiger partial charge is 0.146 e. The molecule has 2 heterocycles. The van der Waals surface area contributed by atoms with Gasteiger partial charge in [-0.1, -0.05) is 30.3 Å². The summed E-state index contributed by atoms with van der Waals surface area (Å²) < 4.78 is 0. The number of benzene rings is 2. The van der Waals surface area contributed by atoms with Gasteiger partial charge < -0.3 is 10.2 Å². The van der Waals surface area contributed by atoms with Crippen LogP contribution in [-0.4, -0.2) is 33.2 Å². The summed E-state index contributed by atoms with van der Waals surface area (Å²) >= 11 is 0. The van der Waals surface area contributed by atoms with Crippen LogP contribution < -0.4 is 0 Å². The Bertz CT molecular complexity index is 872. The van der Waals surface area contributed by atoms with Crippen LogP contribution in [0.2, 0.25) is 0 Å². The molecule has 3 aromatic rings. The standard InChI is InChI=1S/C20H20N2O2/c23-16-7-3-5-15(13-16)19(22-11-1-2-12-22)17-9-8-14-6-4-10-21-18(14)20(17)24/h3-10,13,19,23-24H,1-2,11-12H2/t19-/m1/s1. The molecular formula is C20H20N2O2. The number of fused-ring (bicyclic) bond motifs is 1. The second-order valence-electron chi connectivity index (χ2n) is 6.32. The molecule has 1 aliphatic rings. The van der Waals surface area contributed by atoms with Gasteiger partial charge in [-0.25, -0.2) is 0 Å². The van der Waals surface area contributed by atoms with E-state index in [1.807, 2.05) is 36.4 Å². The first-order valence-corrected chi connectivity index (χ1v) is 8.33. The Morgan fingerprint density at radius 1 is 0.958 bits per heavy atom. The third-order valence-electron chi connectivity index (χ3n) is 4.77. The number of likely N-dealkylation sites (tertiary alicyclic amines) is 1. The van der Waals surface area contributed by atoms with Gasteiger partial charge in [0.1, 0.15) is 17.0 Å². The van der Waals surface area contributed by atoms with Gasteiger partial charge in [0, 0.05) is 17.1 Å². The number of pyridine rings is 1. The lowest BCUT2D eigenvalue weighted by Gasteiger charge is -2.29. The number of phenols is 2. The molecule has 1 atom stereocenters. The second kappa shape index (κ2) is 6.13. The van der Waals surface area contributed by atoms with Crippen molar-refractivity contribution in [2.24, 2.45) is 0 Å². The van der Waals surface area contributed by atoms with Gasteiger partial charge >= 0.3 is 0 Å². The van der Waals surface area contributed by atoms with E-state index in [4.69, 9.17) is 0 Å². The van der Waals surface area contributed by atoms with E-state index in [9.17, 15) is 10.2 Å². The maximum absolute atomic E-state index is 10.9. The van der Waals surface area contributed by atoms with Gasteiger partial charge in [-0.2, -0.15) is 0 Å². The molecule has 1 fully saturated rings. The Labute approximate surface area is 141 Å². The Morgan fingerprint density at radius 2 is 1.79 bits per heavy atom. The molecule has 4 nitrogen and oxygen atoms in total. The number of aromatic hydroxyl groups is 2. The monoisotopic (exact) mass is 320 g/mol. The molecule has 2 N–H and O–H groups in total. The molecule has 0 spiro atoms. The highest BCUT2D eigenvalue weighted by Gasteiger charge is 2.28. The molecular weight excluding hydrogens is 300 g/mol. The predicted octanol–water partition coefficient (Wildman–Crippen LogP) is 3.83. The van der Waals surface area contributed by atoms with Gasteiger partial charge in [-0.3, -0.25) is 9.88 Å². The Morgan fingerprint density at radius 3 is 2.58 bits per heavy atom. The summed E-state index contributed by atoms with van der Waals surface area (Å²) in [5.41, 5.74) is 2.45. The molecule has 0 radical (unpaired) electrons. The summed E-state index contributed by atoms with van der Waals surface area (Å²) in [4.78, 5) is 6.70. The fraction of sp³-hybridized carbons (Fsp3) is 0.250. The normalized spacial score (nSPS) is 16.5. The lowest BCUT2D eigenvalue weighted by Crippen LogP contribution is -2.26. The van der Waals surface area contributed by atoms with E-state index in [0.717, 1.165) is 42.4 Å². The van der Waals surface area contributed by atoms with Gasteiger partial charge in [0.15, 0.2) is 0 Å². The van der Waals surface area contributed by atoms with Gasteiger partial charge in [-0.05, 0) is 49.7 Å². The summed E-state index contributed by atoms with van der Waals surface area (Å²) in [5, 5.41) is 21.7. The quantitative estimate of drug-likeness (QED) is 0.770. The number of nitrogens with zero attached hydrogens (tertiary/aromatic N) is 2. The molecule has 0 saturated carbocycles. The minimum Gasteiger partial charge on any atom is -0.508 e. The third kappa shape index (κ3) is 2.59. The molecule has 0 bridgehead atoms. The van der Waals surface area contributed by atoms with Crippen LogP contribution in [-0.2, 0) is 0 Å². The van der Waals surface area contributed by atoms with Crippen LogP contribution in [0.3, 0.4) is 0 Å². The summed E-state index contributed by atoms with van der Waals surface area (Å²) in [6, 6.07) is 15.0. The van der Waals surface area contributed by atoms with Crippen LogP contribution in [0, 0.1) is 0 Å². The molecule has 0 unspecified atom stereocenters. The van der Waals surface area contributed by atoms with Crippen molar-refractivity contribution in [3.63, 3.8) is 0 Å². The molecule has 0 amide bonds. The number of hydrogen-bond donors (Lipinski definition) is 2. The van der Waals surface area contributed by atoms with Crippen LogP contribution in [0.5, 0.6) is 11.5 Å². The van der Waals surface area contributed by atoms with Gasteiger partial charge in [-0.15, -0.1) is 0 Å². The van der Waals surface area contributed by atoms with E-state index in [2.05, 4.69) is 9.88 Å².